The lowest BCUT2D eigenvalue weighted by Crippen LogP contribution is -2.06. The number of carbonyl (C=O) groups is 1. The standard InChI is InChI=1S/C19H25N5O3/c1-13(2)17(25)27-12-6-4-3-5-11-26-15-9-7-14(8-10-15)16-22-18(20)24-19(21)23-16/h7-10H,1,3-6,11-12H2,2H3,(H4,20,21,22,23,24). The van der Waals surface area contributed by atoms with E-state index in [1.54, 1.807) is 6.92 Å². The van der Waals surface area contributed by atoms with Crippen molar-refractivity contribution in [2.75, 3.05) is 24.7 Å². The lowest BCUT2D eigenvalue weighted by atomic mass is 10.2. The third-order valence-electron chi connectivity index (χ3n) is 3.67. The molecule has 0 fully saturated rings. The van der Waals surface area contributed by atoms with Gasteiger partial charge in [0.1, 0.15) is 5.75 Å². The predicted molar refractivity (Wildman–Crippen MR) is 104 cm³/mol. The largest absolute Gasteiger partial charge is 0.494 e. The van der Waals surface area contributed by atoms with E-state index in [1.807, 2.05) is 24.3 Å². The van der Waals surface area contributed by atoms with Crippen LogP contribution in [-0.4, -0.2) is 34.1 Å². The van der Waals surface area contributed by atoms with E-state index in [4.69, 9.17) is 20.9 Å². The number of hydrogen-bond donors (Lipinski definition) is 2. The zero-order valence-electron chi connectivity index (χ0n) is 15.5. The summed E-state index contributed by atoms with van der Waals surface area (Å²) in [5.41, 5.74) is 12.4. The zero-order valence-corrected chi connectivity index (χ0v) is 15.5. The Morgan fingerprint density at radius 2 is 1.56 bits per heavy atom. The molecular weight excluding hydrogens is 346 g/mol. The van der Waals surface area contributed by atoms with E-state index in [0.29, 0.717) is 24.6 Å². The first kappa shape index (κ1) is 20.2. The molecule has 144 valence electrons. The first-order valence-electron chi connectivity index (χ1n) is 8.78. The van der Waals surface area contributed by atoms with Crippen LogP contribution in [0.25, 0.3) is 11.4 Å². The normalized spacial score (nSPS) is 10.4. The number of aromatic nitrogens is 3. The van der Waals surface area contributed by atoms with Crippen LogP contribution in [0.15, 0.2) is 36.4 Å². The van der Waals surface area contributed by atoms with Crippen LogP contribution in [0.3, 0.4) is 0 Å². The Labute approximate surface area is 158 Å². The van der Waals surface area contributed by atoms with Gasteiger partial charge in [0.15, 0.2) is 5.82 Å². The van der Waals surface area contributed by atoms with E-state index >= 15 is 0 Å². The maximum atomic E-state index is 11.2. The molecule has 2 aromatic rings. The SMILES string of the molecule is C=C(C)C(=O)OCCCCCCOc1ccc(-c2nc(N)nc(N)n2)cc1. The number of benzene rings is 1. The van der Waals surface area contributed by atoms with Gasteiger partial charge in [0.05, 0.1) is 13.2 Å². The van der Waals surface area contributed by atoms with Crippen LogP contribution in [0.2, 0.25) is 0 Å². The third-order valence-corrected chi connectivity index (χ3v) is 3.67. The van der Waals surface area contributed by atoms with E-state index in [9.17, 15) is 4.79 Å². The van der Waals surface area contributed by atoms with Crippen molar-refractivity contribution in [1.29, 1.82) is 0 Å². The molecule has 1 heterocycles. The van der Waals surface area contributed by atoms with Gasteiger partial charge in [-0.3, -0.25) is 0 Å². The molecular formula is C19H25N5O3. The molecule has 0 radical (unpaired) electrons. The fourth-order valence-corrected chi connectivity index (χ4v) is 2.27. The van der Waals surface area contributed by atoms with Gasteiger partial charge < -0.3 is 20.9 Å². The summed E-state index contributed by atoms with van der Waals surface area (Å²) < 4.78 is 10.8. The zero-order chi connectivity index (χ0) is 19.6. The lowest BCUT2D eigenvalue weighted by Gasteiger charge is -2.08. The Kier molecular flexibility index (Phi) is 7.54. The molecule has 0 spiro atoms. The lowest BCUT2D eigenvalue weighted by molar-refractivity contribution is -0.139. The second-order valence-corrected chi connectivity index (χ2v) is 6.08. The van der Waals surface area contributed by atoms with E-state index < -0.39 is 0 Å². The van der Waals surface area contributed by atoms with Crippen LogP contribution < -0.4 is 16.2 Å². The molecule has 0 aliphatic rings. The van der Waals surface area contributed by atoms with Crippen molar-refractivity contribution in [1.82, 2.24) is 15.0 Å². The molecule has 0 atom stereocenters. The Morgan fingerprint density at radius 1 is 0.963 bits per heavy atom. The number of esters is 1. The number of ether oxygens (including phenoxy) is 2. The molecule has 0 aliphatic carbocycles. The minimum Gasteiger partial charge on any atom is -0.494 e. The quantitative estimate of drug-likeness (QED) is 0.371. The van der Waals surface area contributed by atoms with E-state index in [-0.39, 0.29) is 17.9 Å². The smallest absolute Gasteiger partial charge is 0.333 e. The molecule has 0 unspecified atom stereocenters. The molecule has 0 saturated heterocycles. The number of hydrogen-bond acceptors (Lipinski definition) is 8. The number of unbranched alkanes of at least 4 members (excludes halogenated alkanes) is 3. The minimum absolute atomic E-state index is 0.0900. The van der Waals surface area contributed by atoms with E-state index in [1.165, 1.54) is 0 Å². The second-order valence-electron chi connectivity index (χ2n) is 6.08. The highest BCUT2D eigenvalue weighted by molar-refractivity contribution is 5.86. The van der Waals surface area contributed by atoms with Crippen molar-refractivity contribution in [3.63, 3.8) is 0 Å². The Morgan fingerprint density at radius 3 is 2.15 bits per heavy atom. The number of nitrogens with zero attached hydrogens (tertiary/aromatic N) is 3. The van der Waals surface area contributed by atoms with Gasteiger partial charge in [0.2, 0.25) is 11.9 Å². The van der Waals surface area contributed by atoms with Crippen molar-refractivity contribution in [2.45, 2.75) is 32.6 Å². The fraction of sp³-hybridized carbons (Fsp3) is 0.368. The maximum absolute atomic E-state index is 11.2. The van der Waals surface area contributed by atoms with Gasteiger partial charge in [-0.15, -0.1) is 0 Å². The summed E-state index contributed by atoms with van der Waals surface area (Å²) in [5, 5.41) is 0. The summed E-state index contributed by atoms with van der Waals surface area (Å²) in [6, 6.07) is 7.39. The van der Waals surface area contributed by atoms with Gasteiger partial charge in [-0.25, -0.2) is 4.79 Å². The van der Waals surface area contributed by atoms with Crippen molar-refractivity contribution in [3.8, 4) is 17.1 Å². The first-order chi connectivity index (χ1) is 13.0. The average Bonchev–Trinajstić information content (AvgIpc) is 2.63. The molecule has 1 aromatic carbocycles. The van der Waals surface area contributed by atoms with Crippen LogP contribution in [0.4, 0.5) is 11.9 Å². The molecule has 0 aliphatic heterocycles. The molecule has 4 N–H and O–H groups in total. The third kappa shape index (κ3) is 6.93. The average molecular weight is 371 g/mol. The summed E-state index contributed by atoms with van der Waals surface area (Å²) in [7, 11) is 0. The van der Waals surface area contributed by atoms with Gasteiger partial charge >= 0.3 is 5.97 Å². The van der Waals surface area contributed by atoms with Crippen LogP contribution in [0.5, 0.6) is 5.75 Å². The topological polar surface area (TPSA) is 126 Å². The monoisotopic (exact) mass is 371 g/mol. The summed E-state index contributed by atoms with van der Waals surface area (Å²) in [5.74, 6) is 1.05. The van der Waals surface area contributed by atoms with Gasteiger partial charge in [0.25, 0.3) is 0 Å². The molecule has 0 amide bonds. The summed E-state index contributed by atoms with van der Waals surface area (Å²) in [4.78, 5) is 23.1. The number of carbonyl (C=O) groups excluding carboxylic acids is 1. The number of nitrogen functional groups attached to an aromatic ring is 2. The maximum Gasteiger partial charge on any atom is 0.333 e. The second kappa shape index (κ2) is 10.1. The Hall–Kier alpha value is -3.16. The highest BCUT2D eigenvalue weighted by atomic mass is 16.5. The fourth-order valence-electron chi connectivity index (χ4n) is 2.27. The van der Waals surface area contributed by atoms with Gasteiger partial charge in [-0.2, -0.15) is 15.0 Å². The van der Waals surface area contributed by atoms with Crippen LogP contribution in [0.1, 0.15) is 32.6 Å². The molecule has 2 rings (SSSR count). The number of anilines is 2. The van der Waals surface area contributed by atoms with Crippen molar-refractivity contribution in [3.05, 3.63) is 36.4 Å². The predicted octanol–water partition coefficient (Wildman–Crippen LogP) is 2.76. The molecule has 8 nitrogen and oxygen atoms in total. The van der Waals surface area contributed by atoms with Crippen molar-refractivity contribution in [2.24, 2.45) is 0 Å². The molecule has 0 bridgehead atoms. The molecule has 8 heteroatoms. The van der Waals surface area contributed by atoms with Crippen LogP contribution in [0, 0.1) is 0 Å². The van der Waals surface area contributed by atoms with Crippen molar-refractivity contribution >= 4 is 17.9 Å². The first-order valence-corrected chi connectivity index (χ1v) is 8.78. The van der Waals surface area contributed by atoms with Gasteiger partial charge in [-0.05, 0) is 56.9 Å². The van der Waals surface area contributed by atoms with Gasteiger partial charge in [0, 0.05) is 11.1 Å². The minimum atomic E-state index is -0.329. The number of rotatable bonds is 10. The van der Waals surface area contributed by atoms with Crippen LogP contribution >= 0.6 is 0 Å². The van der Waals surface area contributed by atoms with E-state index in [2.05, 4.69) is 21.5 Å². The van der Waals surface area contributed by atoms with E-state index in [0.717, 1.165) is 37.0 Å². The summed E-state index contributed by atoms with van der Waals surface area (Å²) in [6.07, 6.45) is 3.75. The summed E-state index contributed by atoms with van der Waals surface area (Å²) >= 11 is 0. The highest BCUT2D eigenvalue weighted by Crippen LogP contribution is 2.20. The van der Waals surface area contributed by atoms with Gasteiger partial charge in [-0.1, -0.05) is 6.58 Å². The van der Waals surface area contributed by atoms with Crippen molar-refractivity contribution < 1.29 is 14.3 Å². The molecule has 1 aromatic heterocycles. The molecule has 27 heavy (non-hydrogen) atoms. The highest BCUT2D eigenvalue weighted by Gasteiger charge is 2.05. The molecule has 0 saturated carbocycles. The summed E-state index contributed by atoms with van der Waals surface area (Å²) in [6.45, 7) is 6.23. The Bertz CT molecular complexity index is 757. The van der Waals surface area contributed by atoms with Crippen LogP contribution in [-0.2, 0) is 9.53 Å². The Balaban J connectivity index is 1.66. The number of nitrogens with two attached hydrogens (primary N) is 2.